The fourth-order valence-corrected chi connectivity index (χ4v) is 4.05. The summed E-state index contributed by atoms with van der Waals surface area (Å²) in [5, 5.41) is 10.3. The van der Waals surface area contributed by atoms with E-state index in [1.54, 1.807) is 18.9 Å². The second-order valence-corrected chi connectivity index (χ2v) is 8.37. The third-order valence-corrected chi connectivity index (χ3v) is 5.33. The van der Waals surface area contributed by atoms with Crippen LogP contribution in [-0.4, -0.2) is 41.2 Å². The lowest BCUT2D eigenvalue weighted by Crippen LogP contribution is -2.48. The van der Waals surface area contributed by atoms with Crippen LogP contribution < -0.4 is 4.74 Å². The van der Waals surface area contributed by atoms with Gasteiger partial charge in [-0.1, -0.05) is 25.6 Å². The van der Waals surface area contributed by atoms with Crippen LogP contribution in [0.25, 0.3) is 0 Å². The number of hydrogen-bond donors (Lipinski definition) is 1. The summed E-state index contributed by atoms with van der Waals surface area (Å²) in [4.78, 5) is 0. The van der Waals surface area contributed by atoms with Crippen LogP contribution in [0.2, 0.25) is 0 Å². The van der Waals surface area contributed by atoms with E-state index < -0.39 is 6.29 Å². The highest BCUT2D eigenvalue weighted by atomic mass is 32.2. The first-order valence-electron chi connectivity index (χ1n) is 7.73. The monoisotopic (exact) mass is 338 g/mol. The summed E-state index contributed by atoms with van der Waals surface area (Å²) in [6.07, 6.45) is -0.995. The molecule has 2 rings (SSSR count). The highest BCUT2D eigenvalue weighted by molar-refractivity contribution is 8.01. The molecule has 23 heavy (non-hydrogen) atoms. The first-order valence-corrected chi connectivity index (χ1v) is 8.61. The molecule has 0 bridgehead atoms. The van der Waals surface area contributed by atoms with Crippen LogP contribution in [0.3, 0.4) is 0 Å². The Morgan fingerprint density at radius 2 is 2.00 bits per heavy atom. The molecule has 1 N–H and O–H groups in total. The number of aliphatic hydroxyl groups is 1. The molecule has 3 atom stereocenters. The van der Waals surface area contributed by atoms with Crippen LogP contribution in [-0.2, 0) is 16.1 Å². The molecule has 1 aliphatic rings. The van der Waals surface area contributed by atoms with Crippen molar-refractivity contribution < 1.29 is 19.3 Å². The average molecular weight is 338 g/mol. The van der Waals surface area contributed by atoms with E-state index in [2.05, 4.69) is 13.5 Å². The van der Waals surface area contributed by atoms with Gasteiger partial charge in [0, 0.05) is 5.25 Å². The van der Waals surface area contributed by atoms with Crippen molar-refractivity contribution in [2.75, 3.05) is 13.7 Å². The topological polar surface area (TPSA) is 47.9 Å². The van der Waals surface area contributed by atoms with Crippen molar-refractivity contribution >= 4 is 11.8 Å². The van der Waals surface area contributed by atoms with Gasteiger partial charge in [-0.25, -0.2) is 0 Å². The van der Waals surface area contributed by atoms with Gasteiger partial charge < -0.3 is 19.3 Å². The van der Waals surface area contributed by atoms with Gasteiger partial charge in [0.25, 0.3) is 0 Å². The Labute approximate surface area is 142 Å². The zero-order valence-corrected chi connectivity index (χ0v) is 15.1. The van der Waals surface area contributed by atoms with E-state index >= 15 is 0 Å². The molecule has 1 unspecified atom stereocenters. The third kappa shape index (κ3) is 4.73. The average Bonchev–Trinajstić information content (AvgIpc) is 2.51. The normalized spacial score (nSPS) is 26.7. The second-order valence-electron chi connectivity index (χ2n) is 6.33. The summed E-state index contributed by atoms with van der Waals surface area (Å²) < 4.78 is 16.3. The van der Waals surface area contributed by atoms with Crippen LogP contribution >= 0.6 is 11.8 Å². The van der Waals surface area contributed by atoms with Gasteiger partial charge in [-0.05, 0) is 37.1 Å². The Hall–Kier alpha value is -1.01. The molecule has 1 aliphatic heterocycles. The minimum atomic E-state index is -0.799. The molecule has 0 radical (unpaired) electrons. The molecule has 0 amide bonds. The summed E-state index contributed by atoms with van der Waals surface area (Å²) in [6, 6.07) is 7.77. The molecule has 128 valence electrons. The lowest BCUT2D eigenvalue weighted by Gasteiger charge is -2.43. The molecule has 1 fully saturated rings. The second kappa shape index (κ2) is 7.71. The SMILES string of the molecule is C=C(COCc1ccc(OC)cc1)[C@@H]1OC(O)C(C)(C)S[C@@H]1C. The van der Waals surface area contributed by atoms with Gasteiger partial charge in [0.1, 0.15) is 5.75 Å². The van der Waals surface area contributed by atoms with Crippen LogP contribution in [0.15, 0.2) is 36.4 Å². The van der Waals surface area contributed by atoms with Crippen molar-refractivity contribution in [3.05, 3.63) is 42.0 Å². The van der Waals surface area contributed by atoms with Gasteiger partial charge in [-0.15, -0.1) is 11.8 Å². The zero-order valence-electron chi connectivity index (χ0n) is 14.2. The summed E-state index contributed by atoms with van der Waals surface area (Å²) >= 11 is 1.72. The summed E-state index contributed by atoms with van der Waals surface area (Å²) in [5.74, 6) is 0.830. The predicted octanol–water partition coefficient (Wildman–Crippen LogP) is 3.39. The number of hydrogen-bond acceptors (Lipinski definition) is 5. The Morgan fingerprint density at radius 1 is 1.35 bits per heavy atom. The van der Waals surface area contributed by atoms with Crippen molar-refractivity contribution in [2.45, 2.75) is 49.8 Å². The molecule has 5 heteroatoms. The molecule has 1 saturated heterocycles. The van der Waals surface area contributed by atoms with Crippen LogP contribution in [0, 0.1) is 0 Å². The first-order chi connectivity index (χ1) is 10.8. The van der Waals surface area contributed by atoms with E-state index in [-0.39, 0.29) is 16.1 Å². The van der Waals surface area contributed by atoms with Gasteiger partial charge in [0.05, 0.1) is 31.2 Å². The number of methoxy groups -OCH3 is 1. The molecular formula is C18H26O4S. The van der Waals surface area contributed by atoms with Crippen molar-refractivity contribution in [1.82, 2.24) is 0 Å². The van der Waals surface area contributed by atoms with Gasteiger partial charge in [0.2, 0.25) is 0 Å². The molecule has 0 aliphatic carbocycles. The molecule has 4 nitrogen and oxygen atoms in total. The minimum absolute atomic E-state index is 0.195. The molecule has 0 spiro atoms. The maximum Gasteiger partial charge on any atom is 0.169 e. The quantitative estimate of drug-likeness (QED) is 0.806. The maximum absolute atomic E-state index is 10.1. The summed E-state index contributed by atoms with van der Waals surface area (Å²) in [5.41, 5.74) is 1.93. The Bertz CT molecular complexity index is 526. The molecule has 1 heterocycles. The van der Waals surface area contributed by atoms with E-state index in [4.69, 9.17) is 14.2 Å². The Morgan fingerprint density at radius 3 is 2.61 bits per heavy atom. The minimum Gasteiger partial charge on any atom is -0.497 e. The summed E-state index contributed by atoms with van der Waals surface area (Å²) in [6.45, 7) is 11.1. The Kier molecular flexibility index (Phi) is 6.14. The van der Waals surface area contributed by atoms with Crippen molar-refractivity contribution in [2.24, 2.45) is 0 Å². The zero-order chi connectivity index (χ0) is 17.0. The Balaban J connectivity index is 1.82. The lowest BCUT2D eigenvalue weighted by molar-refractivity contribution is -0.148. The molecule has 0 saturated carbocycles. The smallest absolute Gasteiger partial charge is 0.169 e. The highest BCUT2D eigenvalue weighted by Crippen LogP contribution is 2.41. The maximum atomic E-state index is 10.1. The molecule has 1 aromatic rings. The van der Waals surface area contributed by atoms with E-state index in [0.29, 0.717) is 13.2 Å². The van der Waals surface area contributed by atoms with Crippen LogP contribution in [0.4, 0.5) is 0 Å². The number of benzene rings is 1. The fraction of sp³-hybridized carbons (Fsp3) is 0.556. The van der Waals surface area contributed by atoms with E-state index in [1.807, 2.05) is 38.1 Å². The highest BCUT2D eigenvalue weighted by Gasteiger charge is 2.41. The first kappa shape index (κ1) is 18.3. The van der Waals surface area contributed by atoms with Crippen molar-refractivity contribution in [3.63, 3.8) is 0 Å². The number of rotatable bonds is 6. The standard InChI is InChI=1S/C18H26O4S/c1-12(16-13(2)23-18(3,4)17(19)22-16)10-21-11-14-6-8-15(20-5)9-7-14/h6-9,13,16-17,19H,1,10-11H2,2-5H3/t13-,16+,17?/m1/s1. The number of thioether (sulfide) groups is 1. The lowest BCUT2D eigenvalue weighted by atomic mass is 10.1. The largest absolute Gasteiger partial charge is 0.497 e. The van der Waals surface area contributed by atoms with Crippen LogP contribution in [0.1, 0.15) is 26.3 Å². The fourth-order valence-electron chi connectivity index (χ4n) is 2.54. The van der Waals surface area contributed by atoms with Gasteiger partial charge >= 0.3 is 0 Å². The van der Waals surface area contributed by atoms with Gasteiger partial charge in [0.15, 0.2) is 6.29 Å². The van der Waals surface area contributed by atoms with E-state index in [0.717, 1.165) is 16.9 Å². The van der Waals surface area contributed by atoms with Crippen molar-refractivity contribution in [1.29, 1.82) is 0 Å². The van der Waals surface area contributed by atoms with Crippen molar-refractivity contribution in [3.8, 4) is 5.75 Å². The molecular weight excluding hydrogens is 312 g/mol. The number of ether oxygens (including phenoxy) is 3. The summed E-state index contributed by atoms with van der Waals surface area (Å²) in [7, 11) is 1.65. The molecule has 1 aromatic carbocycles. The molecule has 0 aromatic heterocycles. The predicted molar refractivity (Wildman–Crippen MR) is 93.8 cm³/mol. The van der Waals surface area contributed by atoms with Gasteiger partial charge in [-0.2, -0.15) is 0 Å². The van der Waals surface area contributed by atoms with Crippen LogP contribution in [0.5, 0.6) is 5.75 Å². The van der Waals surface area contributed by atoms with Gasteiger partial charge in [-0.3, -0.25) is 0 Å². The van der Waals surface area contributed by atoms with E-state index in [1.165, 1.54) is 0 Å². The third-order valence-electron chi connectivity index (χ3n) is 3.90. The van der Waals surface area contributed by atoms with E-state index in [9.17, 15) is 5.11 Å². The number of aliphatic hydroxyl groups excluding tert-OH is 1.